The second-order valence-electron chi connectivity index (χ2n) is 5.62. The topological polar surface area (TPSA) is 44.9 Å². The lowest BCUT2D eigenvalue weighted by Crippen LogP contribution is -2.42. The van der Waals surface area contributed by atoms with E-state index < -0.39 is 12.7 Å². The van der Waals surface area contributed by atoms with Gasteiger partial charge in [-0.1, -0.05) is 6.92 Å². The lowest BCUT2D eigenvalue weighted by atomic mass is 10.00. The van der Waals surface area contributed by atoms with Crippen LogP contribution in [-0.4, -0.2) is 61.7 Å². The molecule has 118 valence electrons. The van der Waals surface area contributed by atoms with Gasteiger partial charge in [-0.25, -0.2) is 0 Å². The number of hydrogen-bond acceptors (Lipinski definition) is 2. The molecular weight excluding hydrogens is 269 g/mol. The first-order valence-corrected chi connectivity index (χ1v) is 7.08. The van der Waals surface area contributed by atoms with Gasteiger partial charge in [-0.15, -0.1) is 0 Å². The molecule has 0 aromatic carbocycles. The number of piperidine rings is 1. The highest BCUT2D eigenvalue weighted by molar-refractivity contribution is 5.78. The number of halogens is 3. The quantitative estimate of drug-likeness (QED) is 0.479. The number of rotatable bonds is 5. The van der Waals surface area contributed by atoms with Crippen LogP contribution < -0.4 is 5.73 Å². The minimum Gasteiger partial charge on any atom is -0.370 e. The molecule has 0 aliphatic carbocycles. The van der Waals surface area contributed by atoms with Crippen LogP contribution in [0.4, 0.5) is 13.2 Å². The van der Waals surface area contributed by atoms with Gasteiger partial charge in [0.1, 0.15) is 0 Å². The van der Waals surface area contributed by atoms with E-state index >= 15 is 0 Å². The molecule has 1 aliphatic rings. The Morgan fingerprint density at radius 3 is 2.50 bits per heavy atom. The summed E-state index contributed by atoms with van der Waals surface area (Å²) < 4.78 is 36.4. The molecule has 7 heteroatoms. The fourth-order valence-electron chi connectivity index (χ4n) is 2.26. The van der Waals surface area contributed by atoms with Gasteiger partial charge < -0.3 is 10.6 Å². The van der Waals surface area contributed by atoms with E-state index in [0.29, 0.717) is 25.5 Å². The van der Waals surface area contributed by atoms with Crippen molar-refractivity contribution in [2.75, 3.05) is 39.8 Å². The average molecular weight is 294 g/mol. The molecule has 0 aromatic heterocycles. The van der Waals surface area contributed by atoms with Crippen LogP contribution in [0.3, 0.4) is 0 Å². The molecule has 1 rings (SSSR count). The van der Waals surface area contributed by atoms with Crippen LogP contribution in [0, 0.1) is 5.92 Å². The summed E-state index contributed by atoms with van der Waals surface area (Å²) in [4.78, 5) is 7.57. The zero-order valence-electron chi connectivity index (χ0n) is 12.3. The Bertz CT molecular complexity index is 309. The van der Waals surface area contributed by atoms with Crippen molar-refractivity contribution in [3.63, 3.8) is 0 Å². The third-order valence-electron chi connectivity index (χ3n) is 3.53. The Labute approximate surface area is 118 Å². The van der Waals surface area contributed by atoms with Crippen LogP contribution >= 0.6 is 0 Å². The molecule has 0 saturated carbocycles. The van der Waals surface area contributed by atoms with Crippen LogP contribution in [0.25, 0.3) is 0 Å². The van der Waals surface area contributed by atoms with E-state index in [4.69, 9.17) is 5.73 Å². The van der Waals surface area contributed by atoms with Crippen molar-refractivity contribution in [3.8, 4) is 0 Å². The van der Waals surface area contributed by atoms with Gasteiger partial charge >= 0.3 is 6.18 Å². The van der Waals surface area contributed by atoms with Crippen LogP contribution in [0.5, 0.6) is 0 Å². The summed E-state index contributed by atoms with van der Waals surface area (Å²) in [6.07, 6.45) is -1.33. The Hall–Kier alpha value is -0.980. The highest BCUT2D eigenvalue weighted by Gasteiger charge is 2.28. The summed E-state index contributed by atoms with van der Waals surface area (Å²) in [5.41, 5.74) is 5.89. The first kappa shape index (κ1) is 17.1. The van der Waals surface area contributed by atoms with E-state index in [0.717, 1.165) is 31.8 Å². The zero-order chi connectivity index (χ0) is 15.2. The predicted molar refractivity (Wildman–Crippen MR) is 74.6 cm³/mol. The van der Waals surface area contributed by atoms with Gasteiger partial charge in [0.2, 0.25) is 0 Å². The van der Waals surface area contributed by atoms with Gasteiger partial charge in [0.05, 0.1) is 6.54 Å². The van der Waals surface area contributed by atoms with Gasteiger partial charge in [0, 0.05) is 19.6 Å². The minimum absolute atomic E-state index is 0.368. The number of nitrogens with two attached hydrogens (primary N) is 1. The van der Waals surface area contributed by atoms with Gasteiger partial charge in [0.25, 0.3) is 0 Å². The van der Waals surface area contributed by atoms with Crippen LogP contribution in [0.2, 0.25) is 0 Å². The van der Waals surface area contributed by atoms with E-state index in [1.807, 2.05) is 0 Å². The number of aliphatic imine (C=N–C) groups is 1. The molecule has 1 saturated heterocycles. The van der Waals surface area contributed by atoms with Crippen LogP contribution in [-0.2, 0) is 0 Å². The Kier molecular flexibility index (Phi) is 6.58. The van der Waals surface area contributed by atoms with Crippen molar-refractivity contribution in [1.82, 2.24) is 9.80 Å². The molecule has 0 bridgehead atoms. The Morgan fingerprint density at radius 2 is 1.95 bits per heavy atom. The molecule has 1 aliphatic heterocycles. The van der Waals surface area contributed by atoms with Crippen molar-refractivity contribution in [1.29, 1.82) is 0 Å². The summed E-state index contributed by atoms with van der Waals surface area (Å²) in [7, 11) is 1.46. The molecule has 0 unspecified atom stereocenters. The number of nitrogens with zero attached hydrogens (tertiary/aromatic N) is 3. The fraction of sp³-hybridized carbons (Fsp3) is 0.923. The van der Waals surface area contributed by atoms with Gasteiger partial charge in [-0.2, -0.15) is 13.2 Å². The molecular formula is C13H25F3N4. The van der Waals surface area contributed by atoms with Crippen molar-refractivity contribution < 1.29 is 13.2 Å². The second-order valence-corrected chi connectivity index (χ2v) is 5.62. The summed E-state index contributed by atoms with van der Waals surface area (Å²) in [6.45, 7) is 4.03. The van der Waals surface area contributed by atoms with E-state index in [1.54, 1.807) is 0 Å². The van der Waals surface area contributed by atoms with Crippen LogP contribution in [0.1, 0.15) is 26.2 Å². The van der Waals surface area contributed by atoms with Crippen molar-refractivity contribution in [2.24, 2.45) is 16.6 Å². The number of alkyl halides is 3. The minimum atomic E-state index is -4.14. The van der Waals surface area contributed by atoms with Gasteiger partial charge in [0.15, 0.2) is 5.96 Å². The summed E-state index contributed by atoms with van der Waals surface area (Å²) in [6, 6.07) is 0. The molecule has 20 heavy (non-hydrogen) atoms. The van der Waals surface area contributed by atoms with E-state index in [1.165, 1.54) is 11.9 Å². The number of likely N-dealkylation sites (tertiary alicyclic amines) is 1. The molecule has 1 heterocycles. The first-order valence-electron chi connectivity index (χ1n) is 7.08. The third-order valence-corrected chi connectivity index (χ3v) is 3.53. The lowest BCUT2D eigenvalue weighted by molar-refractivity contribution is -0.143. The van der Waals surface area contributed by atoms with Crippen molar-refractivity contribution >= 4 is 5.96 Å². The van der Waals surface area contributed by atoms with Crippen LogP contribution in [0.15, 0.2) is 4.99 Å². The molecule has 0 spiro atoms. The van der Waals surface area contributed by atoms with Gasteiger partial charge in [-0.3, -0.25) is 9.89 Å². The maximum Gasteiger partial charge on any atom is 0.401 e. The maximum absolute atomic E-state index is 12.1. The van der Waals surface area contributed by atoms with E-state index in [-0.39, 0.29) is 0 Å². The van der Waals surface area contributed by atoms with Crippen molar-refractivity contribution in [3.05, 3.63) is 0 Å². The van der Waals surface area contributed by atoms with E-state index in [2.05, 4.69) is 16.8 Å². The Balaban J connectivity index is 2.20. The maximum atomic E-state index is 12.1. The van der Waals surface area contributed by atoms with Crippen molar-refractivity contribution in [2.45, 2.75) is 32.4 Å². The fourth-order valence-corrected chi connectivity index (χ4v) is 2.26. The second kappa shape index (κ2) is 7.71. The molecule has 4 nitrogen and oxygen atoms in total. The summed E-state index contributed by atoms with van der Waals surface area (Å²) in [5, 5.41) is 0. The van der Waals surface area contributed by atoms with E-state index in [9.17, 15) is 13.2 Å². The number of hydrogen-bond donors (Lipinski definition) is 1. The summed E-state index contributed by atoms with van der Waals surface area (Å²) in [5.74, 6) is 1.26. The number of guanidine groups is 1. The molecule has 2 N–H and O–H groups in total. The molecule has 1 fully saturated rings. The molecule has 0 aromatic rings. The third kappa shape index (κ3) is 6.98. The van der Waals surface area contributed by atoms with Gasteiger partial charge in [-0.05, 0) is 38.8 Å². The predicted octanol–water partition coefficient (Wildman–Crippen LogP) is 1.92. The largest absolute Gasteiger partial charge is 0.401 e. The first-order chi connectivity index (χ1) is 9.28. The molecule has 0 amide bonds. The average Bonchev–Trinajstić information content (AvgIpc) is 2.33. The Morgan fingerprint density at radius 1 is 1.35 bits per heavy atom. The SMILES string of the molecule is CC1CCN(C(N)=NCCCN(C)CC(F)(F)F)CC1. The zero-order valence-corrected chi connectivity index (χ0v) is 12.3. The summed E-state index contributed by atoms with van der Waals surface area (Å²) >= 11 is 0. The molecule has 0 radical (unpaired) electrons. The standard InChI is InChI=1S/C13H25F3N4/c1-11-4-8-20(9-5-11)12(17)18-6-3-7-19(2)10-13(14,15)16/h11H,3-10H2,1-2H3,(H2,17,18). The normalized spacial score (nSPS) is 18.9. The molecule has 0 atom stereocenters. The highest BCUT2D eigenvalue weighted by Crippen LogP contribution is 2.16. The lowest BCUT2D eigenvalue weighted by Gasteiger charge is -2.31. The monoisotopic (exact) mass is 294 g/mol. The smallest absolute Gasteiger partial charge is 0.370 e. The highest BCUT2D eigenvalue weighted by atomic mass is 19.4.